The van der Waals surface area contributed by atoms with Crippen molar-refractivity contribution in [3.8, 4) is 5.75 Å². The molecule has 5 heteroatoms. The van der Waals surface area contributed by atoms with E-state index < -0.39 is 15.7 Å². The van der Waals surface area contributed by atoms with Crippen molar-refractivity contribution >= 4 is 21.0 Å². The summed E-state index contributed by atoms with van der Waals surface area (Å²) < 4.78 is 42.6. The van der Waals surface area contributed by atoms with Gasteiger partial charge in [0, 0.05) is 11.7 Å². The lowest BCUT2D eigenvalue weighted by molar-refractivity contribution is 0.386. The number of methoxy groups -OCH3 is 1. The van der Waals surface area contributed by atoms with Crippen LogP contribution >= 0.6 is 0 Å². The molecule has 134 valence electrons. The Morgan fingerprint density at radius 2 is 1.54 bits per heavy atom. The lowest BCUT2D eigenvalue weighted by atomic mass is 9.95. The van der Waals surface area contributed by atoms with Gasteiger partial charge in [-0.15, -0.1) is 0 Å². The summed E-state index contributed by atoms with van der Waals surface area (Å²) in [5.41, 5.74) is 3.80. The fourth-order valence-electron chi connectivity index (χ4n) is 3.40. The van der Waals surface area contributed by atoms with Gasteiger partial charge in [0.25, 0.3) is 0 Å². The predicted molar refractivity (Wildman–Crippen MR) is 100 cm³/mol. The minimum atomic E-state index is -3.23. The second-order valence-corrected chi connectivity index (χ2v) is 9.01. The summed E-state index contributed by atoms with van der Waals surface area (Å²) in [6.07, 6.45) is 7.79. The molecule has 3 nitrogen and oxygen atoms in total. The van der Waals surface area contributed by atoms with Crippen LogP contribution in [-0.2, 0) is 9.84 Å². The molecule has 1 spiro atoms. The third-order valence-electron chi connectivity index (χ3n) is 5.04. The third kappa shape index (κ3) is 2.97. The van der Waals surface area contributed by atoms with Crippen LogP contribution in [0.4, 0.5) is 4.39 Å². The molecule has 0 unspecified atom stereocenters. The molecule has 2 aliphatic rings. The molecule has 0 saturated heterocycles. The van der Waals surface area contributed by atoms with Gasteiger partial charge in [0.15, 0.2) is 21.4 Å². The zero-order valence-electron chi connectivity index (χ0n) is 14.6. The van der Waals surface area contributed by atoms with Crippen molar-refractivity contribution in [2.45, 2.75) is 17.7 Å². The molecule has 0 bridgehead atoms. The Morgan fingerprint density at radius 1 is 0.962 bits per heavy atom. The SMILES string of the molecule is COc1ccc(C2=CC3(C=C2c2ccc(S(C)(=O)=O)cc2)CC3)cc1F. The topological polar surface area (TPSA) is 43.4 Å². The van der Waals surface area contributed by atoms with E-state index in [-0.39, 0.29) is 11.2 Å². The highest BCUT2D eigenvalue weighted by Gasteiger charge is 2.43. The number of hydrogen-bond donors (Lipinski definition) is 0. The highest BCUT2D eigenvalue weighted by Crippen LogP contribution is 2.57. The molecule has 1 saturated carbocycles. The van der Waals surface area contributed by atoms with Crippen LogP contribution in [-0.4, -0.2) is 21.8 Å². The maximum atomic E-state index is 14.2. The number of benzene rings is 2. The van der Waals surface area contributed by atoms with Gasteiger partial charge in [0.2, 0.25) is 0 Å². The molecule has 2 aromatic carbocycles. The van der Waals surface area contributed by atoms with Crippen molar-refractivity contribution in [1.82, 2.24) is 0 Å². The molecular weight excluding hydrogens is 351 g/mol. The van der Waals surface area contributed by atoms with Crippen LogP contribution in [0.5, 0.6) is 5.75 Å². The smallest absolute Gasteiger partial charge is 0.175 e. The molecule has 0 N–H and O–H groups in total. The normalized spacial score (nSPS) is 17.8. The second kappa shape index (κ2) is 5.81. The zero-order valence-corrected chi connectivity index (χ0v) is 15.4. The van der Waals surface area contributed by atoms with Crippen LogP contribution < -0.4 is 4.74 Å². The zero-order chi connectivity index (χ0) is 18.5. The Hall–Kier alpha value is -2.40. The Kier molecular flexibility index (Phi) is 3.81. The molecule has 0 aromatic heterocycles. The van der Waals surface area contributed by atoms with Crippen molar-refractivity contribution < 1.29 is 17.5 Å². The quantitative estimate of drug-likeness (QED) is 0.796. The molecule has 26 heavy (non-hydrogen) atoms. The van der Waals surface area contributed by atoms with Gasteiger partial charge >= 0.3 is 0 Å². The summed E-state index contributed by atoms with van der Waals surface area (Å²) in [4.78, 5) is 0.294. The average molecular weight is 370 g/mol. The van der Waals surface area contributed by atoms with Gasteiger partial charge in [-0.25, -0.2) is 12.8 Å². The van der Waals surface area contributed by atoms with E-state index in [9.17, 15) is 12.8 Å². The van der Waals surface area contributed by atoms with Crippen molar-refractivity contribution in [3.05, 3.63) is 71.6 Å². The average Bonchev–Trinajstić information content (AvgIpc) is 3.25. The predicted octanol–water partition coefficient (Wildman–Crippen LogP) is 4.50. The van der Waals surface area contributed by atoms with E-state index in [2.05, 4.69) is 12.2 Å². The summed E-state index contributed by atoms with van der Waals surface area (Å²) in [6.45, 7) is 0. The van der Waals surface area contributed by atoms with Crippen LogP contribution in [0.15, 0.2) is 59.5 Å². The number of halogens is 1. The molecule has 2 aromatic rings. The van der Waals surface area contributed by atoms with Gasteiger partial charge in [0.1, 0.15) is 0 Å². The monoisotopic (exact) mass is 370 g/mol. The molecule has 2 aliphatic carbocycles. The number of sulfone groups is 1. The minimum Gasteiger partial charge on any atom is -0.494 e. The van der Waals surface area contributed by atoms with Gasteiger partial charge in [-0.05, 0) is 59.4 Å². The second-order valence-electron chi connectivity index (χ2n) is 7.00. The Labute approximate surface area is 152 Å². The number of ether oxygens (including phenoxy) is 1. The van der Waals surface area contributed by atoms with Gasteiger partial charge < -0.3 is 4.74 Å². The molecule has 0 atom stereocenters. The Balaban J connectivity index is 1.76. The van der Waals surface area contributed by atoms with E-state index >= 15 is 0 Å². The Morgan fingerprint density at radius 3 is 2.04 bits per heavy atom. The van der Waals surface area contributed by atoms with Gasteiger partial charge in [0.05, 0.1) is 12.0 Å². The van der Waals surface area contributed by atoms with E-state index in [1.165, 1.54) is 19.4 Å². The first-order valence-corrected chi connectivity index (χ1v) is 10.3. The van der Waals surface area contributed by atoms with Gasteiger partial charge in [-0.2, -0.15) is 0 Å². The van der Waals surface area contributed by atoms with E-state index in [0.29, 0.717) is 4.90 Å². The van der Waals surface area contributed by atoms with Crippen molar-refractivity contribution in [2.24, 2.45) is 5.41 Å². The van der Waals surface area contributed by atoms with Crippen molar-refractivity contribution in [1.29, 1.82) is 0 Å². The van der Waals surface area contributed by atoms with Crippen LogP contribution in [0.2, 0.25) is 0 Å². The molecule has 4 rings (SSSR count). The first kappa shape index (κ1) is 17.0. The standard InChI is InChI=1S/C21H19FO3S/c1-25-20-8-5-15(11-19(20)22)18-13-21(9-10-21)12-17(18)14-3-6-16(7-4-14)26(2,23)24/h3-8,11-13H,9-10H2,1-2H3. The largest absolute Gasteiger partial charge is 0.494 e. The van der Waals surface area contributed by atoms with E-state index in [0.717, 1.165) is 35.1 Å². The number of rotatable bonds is 4. The van der Waals surface area contributed by atoms with Crippen LogP contribution in [0.1, 0.15) is 24.0 Å². The van der Waals surface area contributed by atoms with E-state index in [1.807, 2.05) is 18.2 Å². The molecule has 0 aliphatic heterocycles. The molecule has 0 amide bonds. The minimum absolute atomic E-state index is 0.0660. The fourth-order valence-corrected chi connectivity index (χ4v) is 4.03. The lowest BCUT2D eigenvalue weighted by Gasteiger charge is -2.11. The highest BCUT2D eigenvalue weighted by atomic mass is 32.2. The number of allylic oxidation sites excluding steroid dienone is 4. The Bertz CT molecular complexity index is 1040. The first-order chi connectivity index (χ1) is 12.3. The number of hydrogen-bond acceptors (Lipinski definition) is 3. The van der Waals surface area contributed by atoms with Crippen LogP contribution in [0, 0.1) is 11.2 Å². The molecule has 1 fully saturated rings. The molecule has 0 radical (unpaired) electrons. The lowest BCUT2D eigenvalue weighted by Crippen LogP contribution is -1.97. The highest BCUT2D eigenvalue weighted by molar-refractivity contribution is 7.90. The maximum absolute atomic E-state index is 14.2. The van der Waals surface area contributed by atoms with Gasteiger partial charge in [-0.3, -0.25) is 0 Å². The maximum Gasteiger partial charge on any atom is 0.175 e. The fraction of sp³-hybridized carbons (Fsp3) is 0.238. The molecular formula is C21H19FO3S. The van der Waals surface area contributed by atoms with E-state index in [4.69, 9.17) is 4.74 Å². The summed E-state index contributed by atoms with van der Waals surface area (Å²) in [7, 11) is -1.78. The summed E-state index contributed by atoms with van der Waals surface area (Å²) >= 11 is 0. The van der Waals surface area contributed by atoms with Gasteiger partial charge in [-0.1, -0.05) is 30.4 Å². The van der Waals surface area contributed by atoms with Crippen LogP contribution in [0.25, 0.3) is 11.1 Å². The van der Waals surface area contributed by atoms with E-state index in [1.54, 1.807) is 18.2 Å². The summed E-state index contributed by atoms with van der Waals surface area (Å²) in [6, 6.07) is 11.9. The first-order valence-electron chi connectivity index (χ1n) is 8.42. The molecule has 0 heterocycles. The summed E-state index contributed by atoms with van der Waals surface area (Å²) in [5.74, 6) is -0.175. The third-order valence-corrected chi connectivity index (χ3v) is 6.17. The van der Waals surface area contributed by atoms with Crippen LogP contribution in [0.3, 0.4) is 0 Å². The van der Waals surface area contributed by atoms with Crippen molar-refractivity contribution in [2.75, 3.05) is 13.4 Å². The van der Waals surface area contributed by atoms with Crippen molar-refractivity contribution in [3.63, 3.8) is 0 Å². The summed E-state index contributed by atoms with van der Waals surface area (Å²) in [5, 5.41) is 0.